The van der Waals surface area contributed by atoms with Crippen molar-refractivity contribution in [2.45, 2.75) is 46.0 Å². The van der Waals surface area contributed by atoms with Crippen molar-refractivity contribution in [2.24, 2.45) is 0 Å². The van der Waals surface area contributed by atoms with Crippen LogP contribution in [0.3, 0.4) is 0 Å². The van der Waals surface area contributed by atoms with Crippen LogP contribution < -0.4 is 15.0 Å². The van der Waals surface area contributed by atoms with E-state index in [4.69, 9.17) is 4.74 Å². The van der Waals surface area contributed by atoms with Crippen molar-refractivity contribution >= 4 is 17.8 Å². The molecule has 1 aromatic heterocycles. The summed E-state index contributed by atoms with van der Waals surface area (Å²) in [6.45, 7) is 8.07. The number of anilines is 2. The first-order chi connectivity index (χ1) is 12.5. The number of aromatic amines is 1. The van der Waals surface area contributed by atoms with Crippen LogP contribution in [0.4, 0.5) is 11.9 Å². The van der Waals surface area contributed by atoms with E-state index < -0.39 is 0 Å². The van der Waals surface area contributed by atoms with E-state index in [1.807, 2.05) is 13.0 Å². The number of piperidine rings is 1. The number of carbonyl (C=O) groups is 1. The molecule has 2 aromatic rings. The summed E-state index contributed by atoms with van der Waals surface area (Å²) in [5, 5.41) is 9.69. The van der Waals surface area contributed by atoms with Gasteiger partial charge in [0.2, 0.25) is 11.9 Å². The minimum atomic E-state index is -0.262. The Kier molecular flexibility index (Phi) is 5.75. The van der Waals surface area contributed by atoms with E-state index in [2.05, 4.69) is 51.4 Å². The zero-order valence-electron chi connectivity index (χ0n) is 15.7. The minimum Gasteiger partial charge on any atom is -0.483 e. The van der Waals surface area contributed by atoms with Crippen LogP contribution in [-0.4, -0.2) is 40.8 Å². The average Bonchev–Trinajstić information content (AvgIpc) is 3.09. The first-order valence-electron chi connectivity index (χ1n) is 9.23. The molecule has 0 spiro atoms. The van der Waals surface area contributed by atoms with Gasteiger partial charge in [-0.2, -0.15) is 4.98 Å². The van der Waals surface area contributed by atoms with Crippen LogP contribution >= 0.6 is 0 Å². The number of hydrogen-bond acceptors (Lipinski definition) is 5. The average molecular weight is 357 g/mol. The van der Waals surface area contributed by atoms with Gasteiger partial charge < -0.3 is 9.64 Å². The first kappa shape index (κ1) is 18.2. The van der Waals surface area contributed by atoms with Crippen LogP contribution in [0, 0.1) is 6.92 Å². The highest BCUT2D eigenvalue weighted by molar-refractivity contribution is 5.90. The maximum Gasteiger partial charge on any atom is 0.264 e. The van der Waals surface area contributed by atoms with Crippen LogP contribution in [0.15, 0.2) is 18.2 Å². The number of amides is 1. The maximum absolute atomic E-state index is 12.2. The van der Waals surface area contributed by atoms with Crippen molar-refractivity contribution in [3.8, 4) is 5.75 Å². The second kappa shape index (κ2) is 8.21. The summed E-state index contributed by atoms with van der Waals surface area (Å²) >= 11 is 0. The Morgan fingerprint density at radius 2 is 2.08 bits per heavy atom. The molecular formula is C19H27N5O2. The number of nitrogens with zero attached hydrogens (tertiary/aromatic N) is 3. The van der Waals surface area contributed by atoms with E-state index in [-0.39, 0.29) is 12.5 Å². The lowest BCUT2D eigenvalue weighted by Crippen LogP contribution is -2.30. The fourth-order valence-corrected chi connectivity index (χ4v) is 3.10. The molecule has 1 aliphatic heterocycles. The molecule has 2 heterocycles. The number of aromatic nitrogens is 3. The SMILES string of the molecule is Cc1ccc(C(C)C)c(OCC(=O)Nc2nc(N3CCCCC3)n[nH]2)c1. The van der Waals surface area contributed by atoms with E-state index in [0.717, 1.165) is 42.8 Å². The van der Waals surface area contributed by atoms with Gasteiger partial charge in [0.25, 0.3) is 5.91 Å². The predicted octanol–water partition coefficient (Wildman–Crippen LogP) is 3.24. The number of carbonyl (C=O) groups excluding carboxylic acids is 1. The van der Waals surface area contributed by atoms with Gasteiger partial charge in [-0.15, -0.1) is 5.10 Å². The Morgan fingerprint density at radius 1 is 1.31 bits per heavy atom. The molecule has 0 bridgehead atoms. The van der Waals surface area contributed by atoms with Crippen molar-refractivity contribution in [1.29, 1.82) is 0 Å². The summed E-state index contributed by atoms with van der Waals surface area (Å²) in [5.74, 6) is 1.81. The van der Waals surface area contributed by atoms with Gasteiger partial charge in [-0.1, -0.05) is 26.0 Å². The number of ether oxygens (including phenoxy) is 1. The minimum absolute atomic E-state index is 0.0665. The van der Waals surface area contributed by atoms with Crippen LogP contribution in [0.25, 0.3) is 0 Å². The Morgan fingerprint density at radius 3 is 2.81 bits per heavy atom. The van der Waals surface area contributed by atoms with Crippen molar-refractivity contribution < 1.29 is 9.53 Å². The summed E-state index contributed by atoms with van der Waals surface area (Å²) in [7, 11) is 0. The highest BCUT2D eigenvalue weighted by atomic mass is 16.5. The molecule has 0 unspecified atom stereocenters. The topological polar surface area (TPSA) is 83.1 Å². The van der Waals surface area contributed by atoms with Gasteiger partial charge in [-0.3, -0.25) is 10.1 Å². The second-order valence-corrected chi connectivity index (χ2v) is 7.06. The van der Waals surface area contributed by atoms with Gasteiger partial charge in [0.1, 0.15) is 5.75 Å². The van der Waals surface area contributed by atoms with Crippen LogP contribution in [0.1, 0.15) is 50.2 Å². The Bertz CT molecular complexity index is 750. The number of hydrogen-bond donors (Lipinski definition) is 2. The lowest BCUT2D eigenvalue weighted by atomic mass is 10.0. The second-order valence-electron chi connectivity index (χ2n) is 7.06. The van der Waals surface area contributed by atoms with Gasteiger partial charge in [0.15, 0.2) is 6.61 Å². The molecule has 1 fully saturated rings. The van der Waals surface area contributed by atoms with Crippen LogP contribution in [-0.2, 0) is 4.79 Å². The summed E-state index contributed by atoms with van der Waals surface area (Å²) in [5.41, 5.74) is 2.20. The third kappa shape index (κ3) is 4.53. The zero-order chi connectivity index (χ0) is 18.5. The zero-order valence-corrected chi connectivity index (χ0v) is 15.7. The number of aryl methyl sites for hydroxylation is 1. The first-order valence-corrected chi connectivity index (χ1v) is 9.23. The fraction of sp³-hybridized carbons (Fsp3) is 0.526. The molecule has 7 heteroatoms. The summed E-state index contributed by atoms with van der Waals surface area (Å²) in [6.07, 6.45) is 3.55. The summed E-state index contributed by atoms with van der Waals surface area (Å²) in [6, 6.07) is 6.07. The Labute approximate surface area is 154 Å². The van der Waals surface area contributed by atoms with Crippen molar-refractivity contribution in [3.63, 3.8) is 0 Å². The molecule has 0 atom stereocenters. The van der Waals surface area contributed by atoms with Crippen molar-refractivity contribution in [3.05, 3.63) is 29.3 Å². The molecule has 7 nitrogen and oxygen atoms in total. The quantitative estimate of drug-likeness (QED) is 0.829. The molecule has 3 rings (SSSR count). The molecule has 2 N–H and O–H groups in total. The molecule has 1 aliphatic rings. The van der Waals surface area contributed by atoms with E-state index >= 15 is 0 Å². The maximum atomic E-state index is 12.2. The Balaban J connectivity index is 1.56. The highest BCUT2D eigenvalue weighted by Crippen LogP contribution is 2.27. The predicted molar refractivity (Wildman–Crippen MR) is 102 cm³/mol. The monoisotopic (exact) mass is 357 g/mol. The van der Waals surface area contributed by atoms with E-state index in [9.17, 15) is 4.79 Å². The fourth-order valence-electron chi connectivity index (χ4n) is 3.10. The molecule has 0 aliphatic carbocycles. The van der Waals surface area contributed by atoms with Gasteiger partial charge in [-0.05, 0) is 49.3 Å². The Hall–Kier alpha value is -2.57. The van der Waals surface area contributed by atoms with Crippen LogP contribution in [0.5, 0.6) is 5.75 Å². The van der Waals surface area contributed by atoms with Crippen molar-refractivity contribution in [2.75, 3.05) is 29.9 Å². The molecule has 1 aromatic carbocycles. The summed E-state index contributed by atoms with van der Waals surface area (Å²) in [4.78, 5) is 18.7. The largest absolute Gasteiger partial charge is 0.483 e. The van der Waals surface area contributed by atoms with Crippen LogP contribution in [0.2, 0.25) is 0 Å². The number of nitrogens with one attached hydrogen (secondary N) is 2. The summed E-state index contributed by atoms with van der Waals surface area (Å²) < 4.78 is 5.75. The molecule has 140 valence electrons. The number of rotatable bonds is 6. The standard InChI is InChI=1S/C19H27N5O2/c1-13(2)15-8-7-14(3)11-16(15)26-12-17(25)20-18-21-19(23-22-18)24-9-5-4-6-10-24/h7-8,11,13H,4-6,9-10,12H2,1-3H3,(H2,20,21,22,23,25). The van der Waals surface area contributed by atoms with Crippen molar-refractivity contribution in [1.82, 2.24) is 15.2 Å². The number of benzene rings is 1. The molecule has 0 saturated carbocycles. The van der Waals surface area contributed by atoms with E-state index in [0.29, 0.717) is 17.8 Å². The third-order valence-corrected chi connectivity index (χ3v) is 4.52. The van der Waals surface area contributed by atoms with Gasteiger partial charge in [-0.25, -0.2) is 5.10 Å². The normalized spacial score (nSPS) is 14.5. The smallest absolute Gasteiger partial charge is 0.264 e. The molecule has 0 radical (unpaired) electrons. The lowest BCUT2D eigenvalue weighted by Gasteiger charge is -2.24. The third-order valence-electron chi connectivity index (χ3n) is 4.52. The van der Waals surface area contributed by atoms with Gasteiger partial charge >= 0.3 is 0 Å². The number of H-pyrrole nitrogens is 1. The van der Waals surface area contributed by atoms with E-state index in [1.165, 1.54) is 6.42 Å². The molecule has 1 saturated heterocycles. The van der Waals surface area contributed by atoms with E-state index in [1.54, 1.807) is 0 Å². The van der Waals surface area contributed by atoms with Gasteiger partial charge in [0.05, 0.1) is 0 Å². The molecular weight excluding hydrogens is 330 g/mol. The highest BCUT2D eigenvalue weighted by Gasteiger charge is 2.16. The molecule has 26 heavy (non-hydrogen) atoms. The molecule has 1 amide bonds. The lowest BCUT2D eigenvalue weighted by molar-refractivity contribution is -0.118. The van der Waals surface area contributed by atoms with Gasteiger partial charge in [0, 0.05) is 13.1 Å².